The molecule has 0 atom stereocenters. The van der Waals surface area contributed by atoms with Crippen LogP contribution in [0.4, 0.5) is 5.69 Å². The fourth-order valence-corrected chi connectivity index (χ4v) is 3.67. The largest absolute Gasteiger partial charge is 0.322 e. The number of amides is 1. The van der Waals surface area contributed by atoms with E-state index in [1.165, 1.54) is 26.2 Å². The van der Waals surface area contributed by atoms with E-state index in [1.54, 1.807) is 30.0 Å². The number of sulfonamides is 1. The summed E-state index contributed by atoms with van der Waals surface area (Å²) in [5.41, 5.74) is 2.97. The highest BCUT2D eigenvalue weighted by Crippen LogP contribution is 2.22. The fourth-order valence-electron chi connectivity index (χ4n) is 2.22. The van der Waals surface area contributed by atoms with Gasteiger partial charge in [0.2, 0.25) is 10.0 Å². The van der Waals surface area contributed by atoms with Crippen LogP contribution in [0.25, 0.3) is 0 Å². The van der Waals surface area contributed by atoms with Crippen LogP contribution < -0.4 is 5.32 Å². The molecule has 0 aliphatic carbocycles. The van der Waals surface area contributed by atoms with Crippen LogP contribution in [0.5, 0.6) is 0 Å². The van der Waals surface area contributed by atoms with Gasteiger partial charge >= 0.3 is 0 Å². The third-order valence-electron chi connectivity index (χ3n) is 3.76. The number of carbonyl (C=O) groups excluding carboxylic acids is 1. The molecule has 0 saturated heterocycles. The molecule has 2 aromatic carbocycles. The molecule has 0 unspecified atom stereocenters. The molecule has 0 spiro atoms. The minimum Gasteiger partial charge on any atom is -0.322 e. The van der Waals surface area contributed by atoms with Gasteiger partial charge in [-0.25, -0.2) is 12.7 Å². The molecule has 5 nitrogen and oxygen atoms in total. The molecule has 1 amide bonds. The Labute approximate surface area is 153 Å². The Hall–Kier alpha value is -1.83. The Bertz CT molecular complexity index is 860. The first kappa shape index (κ1) is 19.5. The van der Waals surface area contributed by atoms with Gasteiger partial charge in [-0.05, 0) is 48.6 Å². The molecule has 0 aromatic heterocycles. The monoisotopic (exact) mass is 378 g/mol. The molecule has 0 bridgehead atoms. The Morgan fingerprint density at radius 1 is 1.12 bits per heavy atom. The molecule has 0 aliphatic rings. The maximum atomic E-state index is 12.5. The lowest BCUT2D eigenvalue weighted by Crippen LogP contribution is -2.22. The van der Waals surface area contributed by atoms with Crippen molar-refractivity contribution in [2.24, 2.45) is 0 Å². The van der Waals surface area contributed by atoms with Gasteiger partial charge in [-0.15, -0.1) is 0 Å². The molecule has 1 N–H and O–H groups in total. The summed E-state index contributed by atoms with van der Waals surface area (Å²) in [5.74, 6) is 0.629. The molecule has 0 fully saturated rings. The summed E-state index contributed by atoms with van der Waals surface area (Å²) in [6.45, 7) is 1.82. The van der Waals surface area contributed by atoms with Crippen LogP contribution in [-0.4, -0.2) is 39.0 Å². The molecule has 25 heavy (non-hydrogen) atoms. The quantitative estimate of drug-likeness (QED) is 0.837. The first-order valence-electron chi connectivity index (χ1n) is 7.68. The van der Waals surface area contributed by atoms with Crippen LogP contribution in [0.1, 0.15) is 21.5 Å². The van der Waals surface area contributed by atoms with E-state index in [0.717, 1.165) is 21.2 Å². The van der Waals surface area contributed by atoms with Crippen molar-refractivity contribution in [2.75, 3.05) is 25.7 Å². The summed E-state index contributed by atoms with van der Waals surface area (Å²) in [4.78, 5) is 12.6. The Kier molecular flexibility index (Phi) is 6.26. The van der Waals surface area contributed by atoms with Crippen LogP contribution in [0.2, 0.25) is 0 Å². The number of anilines is 1. The molecule has 2 rings (SSSR count). The van der Waals surface area contributed by atoms with E-state index in [4.69, 9.17) is 0 Å². The van der Waals surface area contributed by atoms with Gasteiger partial charge in [-0.2, -0.15) is 11.8 Å². The second kappa shape index (κ2) is 8.03. The lowest BCUT2D eigenvalue weighted by atomic mass is 10.1. The van der Waals surface area contributed by atoms with Crippen molar-refractivity contribution in [3.63, 3.8) is 0 Å². The summed E-state index contributed by atoms with van der Waals surface area (Å²) in [6.07, 6.45) is 2.03. The summed E-state index contributed by atoms with van der Waals surface area (Å²) in [5, 5.41) is 2.80. The molecule has 7 heteroatoms. The minimum absolute atomic E-state index is 0.147. The van der Waals surface area contributed by atoms with E-state index in [2.05, 4.69) is 5.32 Å². The van der Waals surface area contributed by atoms with Gasteiger partial charge < -0.3 is 5.32 Å². The van der Waals surface area contributed by atoms with Crippen molar-refractivity contribution < 1.29 is 13.2 Å². The number of nitrogens with zero attached hydrogens (tertiary/aromatic N) is 1. The predicted molar refractivity (Wildman–Crippen MR) is 104 cm³/mol. The van der Waals surface area contributed by atoms with Gasteiger partial charge in [0, 0.05) is 31.1 Å². The summed E-state index contributed by atoms with van der Waals surface area (Å²) in [7, 11) is -0.597. The van der Waals surface area contributed by atoms with Crippen molar-refractivity contribution in [1.82, 2.24) is 4.31 Å². The average Bonchev–Trinajstić information content (AvgIpc) is 2.57. The molecule has 134 valence electrons. The molecular formula is C18H22N2O3S2. The van der Waals surface area contributed by atoms with Crippen LogP contribution in [0.3, 0.4) is 0 Å². The van der Waals surface area contributed by atoms with Crippen molar-refractivity contribution >= 4 is 33.4 Å². The van der Waals surface area contributed by atoms with Gasteiger partial charge in [-0.3, -0.25) is 4.79 Å². The van der Waals surface area contributed by atoms with E-state index in [-0.39, 0.29) is 10.8 Å². The number of thioether (sulfide) groups is 1. The smallest absolute Gasteiger partial charge is 0.255 e. The van der Waals surface area contributed by atoms with E-state index in [1.807, 2.05) is 25.3 Å². The number of nitrogens with one attached hydrogen (secondary N) is 1. The molecule has 0 radical (unpaired) electrons. The highest BCUT2D eigenvalue weighted by atomic mass is 32.2. The third kappa shape index (κ3) is 4.62. The van der Waals surface area contributed by atoms with Crippen molar-refractivity contribution in [3.05, 3.63) is 59.2 Å². The van der Waals surface area contributed by atoms with Crippen LogP contribution in [0, 0.1) is 6.92 Å². The van der Waals surface area contributed by atoms with Crippen LogP contribution in [0.15, 0.2) is 47.4 Å². The highest BCUT2D eigenvalue weighted by Gasteiger charge is 2.19. The zero-order chi connectivity index (χ0) is 18.6. The van der Waals surface area contributed by atoms with E-state index in [0.29, 0.717) is 11.3 Å². The summed E-state index contributed by atoms with van der Waals surface area (Å²) < 4.78 is 25.7. The van der Waals surface area contributed by atoms with Crippen molar-refractivity contribution in [1.29, 1.82) is 0 Å². The summed E-state index contributed by atoms with van der Waals surface area (Å²) in [6, 6.07) is 12.1. The minimum atomic E-state index is -3.55. The van der Waals surface area contributed by atoms with E-state index < -0.39 is 10.0 Å². The molecule has 2 aromatic rings. The molecule has 0 heterocycles. The maximum absolute atomic E-state index is 12.5. The fraction of sp³-hybridized carbons (Fsp3) is 0.278. The topological polar surface area (TPSA) is 66.5 Å². The first-order valence-corrected chi connectivity index (χ1v) is 10.5. The zero-order valence-electron chi connectivity index (χ0n) is 14.7. The Morgan fingerprint density at radius 2 is 1.76 bits per heavy atom. The van der Waals surface area contributed by atoms with E-state index >= 15 is 0 Å². The zero-order valence-corrected chi connectivity index (χ0v) is 16.4. The van der Waals surface area contributed by atoms with Gasteiger partial charge in [-0.1, -0.05) is 18.2 Å². The van der Waals surface area contributed by atoms with Gasteiger partial charge in [0.25, 0.3) is 5.91 Å². The third-order valence-corrected chi connectivity index (χ3v) is 6.20. The highest BCUT2D eigenvalue weighted by molar-refractivity contribution is 7.97. The normalized spacial score (nSPS) is 11.6. The maximum Gasteiger partial charge on any atom is 0.255 e. The van der Waals surface area contributed by atoms with Crippen molar-refractivity contribution in [3.8, 4) is 0 Å². The van der Waals surface area contributed by atoms with Gasteiger partial charge in [0.05, 0.1) is 4.90 Å². The number of aryl methyl sites for hydroxylation is 1. The molecule has 0 aliphatic heterocycles. The standard InChI is InChI=1S/C18H22N2O3S2/c1-13-5-10-16(25(22,23)20(2)3)11-17(13)19-18(21)15-8-6-14(7-9-15)12-24-4/h5-11H,12H2,1-4H3,(H,19,21). The number of benzene rings is 2. The summed E-state index contributed by atoms with van der Waals surface area (Å²) >= 11 is 1.72. The lowest BCUT2D eigenvalue weighted by Gasteiger charge is -2.14. The first-order chi connectivity index (χ1) is 11.8. The predicted octanol–water partition coefficient (Wildman–Crippen LogP) is 3.36. The molecular weight excluding hydrogens is 356 g/mol. The van der Waals surface area contributed by atoms with Crippen LogP contribution >= 0.6 is 11.8 Å². The van der Waals surface area contributed by atoms with Crippen LogP contribution in [-0.2, 0) is 15.8 Å². The van der Waals surface area contributed by atoms with E-state index in [9.17, 15) is 13.2 Å². The SMILES string of the molecule is CSCc1ccc(C(=O)Nc2cc(S(=O)(=O)N(C)C)ccc2C)cc1. The van der Waals surface area contributed by atoms with Crippen molar-refractivity contribution in [2.45, 2.75) is 17.6 Å². The average molecular weight is 379 g/mol. The number of hydrogen-bond donors (Lipinski definition) is 1. The number of rotatable bonds is 6. The number of carbonyl (C=O) groups is 1. The number of hydrogen-bond acceptors (Lipinski definition) is 4. The molecule has 0 saturated carbocycles. The second-order valence-electron chi connectivity index (χ2n) is 5.85. The lowest BCUT2D eigenvalue weighted by molar-refractivity contribution is 0.102. The Balaban J connectivity index is 2.26. The Morgan fingerprint density at radius 3 is 2.32 bits per heavy atom. The van der Waals surface area contributed by atoms with Gasteiger partial charge in [0.15, 0.2) is 0 Å². The van der Waals surface area contributed by atoms with Gasteiger partial charge in [0.1, 0.15) is 0 Å². The second-order valence-corrected chi connectivity index (χ2v) is 8.87.